The van der Waals surface area contributed by atoms with Crippen LogP contribution in [0, 0.1) is 5.82 Å². The number of nitrogens with one attached hydrogen (secondary N) is 3. The number of aliphatic carboxylic acids is 1. The summed E-state index contributed by atoms with van der Waals surface area (Å²) in [7, 11) is 0. The molecule has 4 N–H and O–H groups in total. The highest BCUT2D eigenvalue weighted by Crippen LogP contribution is 2.26. The number of hydrogen-bond acceptors (Lipinski definition) is 6. The number of halogens is 1. The van der Waals surface area contributed by atoms with E-state index >= 15 is 0 Å². The van der Waals surface area contributed by atoms with Crippen LogP contribution < -0.4 is 5.32 Å². The average Bonchev–Trinajstić information content (AvgIpc) is 3.16. The second-order valence-corrected chi connectivity index (χ2v) is 4.37. The maximum atomic E-state index is 14.0. The number of carbonyl (C=O) groups excluding carboxylic acids is 2. The lowest BCUT2D eigenvalue weighted by molar-refractivity contribution is -0.131. The molecule has 1 amide bonds. The number of H-pyrrole nitrogens is 2. The van der Waals surface area contributed by atoms with Crippen molar-refractivity contribution in [3.05, 3.63) is 35.3 Å². The van der Waals surface area contributed by atoms with Crippen molar-refractivity contribution < 1.29 is 23.9 Å². The highest BCUT2D eigenvalue weighted by molar-refractivity contribution is 6.42. The minimum absolute atomic E-state index is 0.0179. The van der Waals surface area contributed by atoms with Gasteiger partial charge in [-0.2, -0.15) is 5.21 Å². The number of anilines is 1. The predicted octanol–water partition coefficient (Wildman–Crippen LogP) is 0.340. The summed E-state index contributed by atoms with van der Waals surface area (Å²) in [5.41, 5.74) is -0.412. The number of carbonyl (C=O) groups is 3. The van der Waals surface area contributed by atoms with E-state index in [0.29, 0.717) is 0 Å². The zero-order valence-corrected chi connectivity index (χ0v) is 11.1. The lowest BCUT2D eigenvalue weighted by atomic mass is 10.1. The molecule has 2 aromatic heterocycles. The molecule has 10 nitrogen and oxygen atoms in total. The molecule has 0 atom stereocenters. The summed E-state index contributed by atoms with van der Waals surface area (Å²) < 4.78 is 14.0. The first-order valence-corrected chi connectivity index (χ1v) is 6.11. The normalized spacial score (nSPS) is 10.7. The Morgan fingerprint density at radius 3 is 2.65 bits per heavy atom. The summed E-state index contributed by atoms with van der Waals surface area (Å²) in [5, 5.41) is 23.3. The van der Waals surface area contributed by atoms with Gasteiger partial charge in [0.2, 0.25) is 0 Å². The Hall–Kier alpha value is -3.63. The Bertz CT molecular complexity index is 933. The van der Waals surface area contributed by atoms with Crippen LogP contribution in [-0.4, -0.2) is 48.4 Å². The van der Waals surface area contributed by atoms with E-state index in [9.17, 15) is 18.8 Å². The van der Waals surface area contributed by atoms with Crippen LogP contribution in [0.25, 0.3) is 10.9 Å². The third-order valence-corrected chi connectivity index (χ3v) is 3.04. The van der Waals surface area contributed by atoms with E-state index in [-0.39, 0.29) is 28.0 Å². The molecule has 0 bridgehead atoms. The number of aromatic amines is 2. The molecule has 0 spiro atoms. The number of carboxylic acids is 1. The standard InChI is InChI=1S/C12H7FN6O4/c13-6-2-1-4(10(21)15-12-16-18-19-17-12)8-7(6)5(3-14-8)9(20)11(22)23/h1-3,14H,(H,22,23)(H2,15,16,17,18,19,21). The Balaban J connectivity index is 2.09. The lowest BCUT2D eigenvalue weighted by Crippen LogP contribution is -2.14. The van der Waals surface area contributed by atoms with E-state index < -0.39 is 23.5 Å². The van der Waals surface area contributed by atoms with Gasteiger partial charge >= 0.3 is 5.97 Å². The molecule has 1 aromatic carbocycles. The summed E-state index contributed by atoms with van der Waals surface area (Å²) in [6, 6.07) is 2.14. The third kappa shape index (κ3) is 2.39. The first kappa shape index (κ1) is 14.3. The molecule has 0 aliphatic heterocycles. The molecule has 0 unspecified atom stereocenters. The first-order valence-electron chi connectivity index (χ1n) is 6.11. The number of benzene rings is 1. The van der Waals surface area contributed by atoms with Gasteiger partial charge < -0.3 is 10.1 Å². The highest BCUT2D eigenvalue weighted by atomic mass is 19.1. The smallest absolute Gasteiger partial charge is 0.377 e. The van der Waals surface area contributed by atoms with Crippen LogP contribution in [0.2, 0.25) is 0 Å². The molecule has 116 valence electrons. The summed E-state index contributed by atoms with van der Waals surface area (Å²) in [6.45, 7) is 0. The molecular formula is C12H7FN6O4. The number of hydrogen-bond donors (Lipinski definition) is 4. The minimum Gasteiger partial charge on any atom is -0.475 e. The number of Topliss-reactive ketones (excluding diaryl/α,β-unsaturated/α-hetero) is 1. The Morgan fingerprint density at radius 2 is 2.00 bits per heavy atom. The van der Waals surface area contributed by atoms with Crippen LogP contribution in [0.1, 0.15) is 20.7 Å². The maximum Gasteiger partial charge on any atom is 0.377 e. The van der Waals surface area contributed by atoms with Crippen molar-refractivity contribution in [2.24, 2.45) is 0 Å². The topological polar surface area (TPSA) is 154 Å². The summed E-state index contributed by atoms with van der Waals surface area (Å²) in [5.74, 6) is -4.63. The number of nitrogens with zero attached hydrogens (tertiary/aromatic N) is 3. The van der Waals surface area contributed by atoms with Crippen LogP contribution in [0.5, 0.6) is 0 Å². The van der Waals surface area contributed by atoms with Gasteiger partial charge in [0.1, 0.15) is 5.82 Å². The van der Waals surface area contributed by atoms with E-state index in [1.165, 1.54) is 6.07 Å². The second-order valence-electron chi connectivity index (χ2n) is 4.37. The number of aromatic nitrogens is 5. The van der Waals surface area contributed by atoms with Crippen molar-refractivity contribution in [1.29, 1.82) is 0 Å². The van der Waals surface area contributed by atoms with Gasteiger partial charge in [-0.05, 0) is 17.3 Å². The van der Waals surface area contributed by atoms with E-state index in [1.54, 1.807) is 0 Å². The molecule has 3 aromatic rings. The average molecular weight is 318 g/mol. The molecular weight excluding hydrogens is 311 g/mol. The number of rotatable bonds is 4. The third-order valence-electron chi connectivity index (χ3n) is 3.04. The van der Waals surface area contributed by atoms with Gasteiger partial charge in [0.15, 0.2) is 0 Å². The molecule has 3 rings (SSSR count). The van der Waals surface area contributed by atoms with Crippen LogP contribution >= 0.6 is 0 Å². The number of fused-ring (bicyclic) bond motifs is 1. The van der Waals surface area contributed by atoms with Crippen LogP contribution in [0.3, 0.4) is 0 Å². The van der Waals surface area contributed by atoms with Crippen molar-refractivity contribution >= 4 is 34.5 Å². The zero-order valence-electron chi connectivity index (χ0n) is 11.1. The molecule has 0 aliphatic rings. The highest BCUT2D eigenvalue weighted by Gasteiger charge is 2.24. The SMILES string of the molecule is O=C(O)C(=O)c1c[nH]c2c(C(=O)Nc3nn[nH]n3)ccc(F)c12. The maximum absolute atomic E-state index is 14.0. The molecule has 11 heteroatoms. The van der Waals surface area contributed by atoms with Crippen molar-refractivity contribution in [3.63, 3.8) is 0 Å². The fourth-order valence-electron chi connectivity index (χ4n) is 2.07. The van der Waals surface area contributed by atoms with Crippen LogP contribution in [-0.2, 0) is 4.79 Å². The molecule has 0 fully saturated rings. The number of ketones is 1. The van der Waals surface area contributed by atoms with E-state index in [0.717, 1.165) is 12.3 Å². The lowest BCUT2D eigenvalue weighted by Gasteiger charge is -2.04. The number of carboxylic acid groups (broad SMARTS) is 1. The minimum atomic E-state index is -1.73. The van der Waals surface area contributed by atoms with Crippen LogP contribution in [0.15, 0.2) is 18.3 Å². The monoisotopic (exact) mass is 318 g/mol. The summed E-state index contributed by atoms with van der Waals surface area (Å²) >= 11 is 0. The fraction of sp³-hybridized carbons (Fsp3) is 0. The van der Waals surface area contributed by atoms with E-state index in [2.05, 4.69) is 30.9 Å². The van der Waals surface area contributed by atoms with Crippen molar-refractivity contribution in [1.82, 2.24) is 25.6 Å². The van der Waals surface area contributed by atoms with Gasteiger partial charge in [-0.3, -0.25) is 14.9 Å². The fourth-order valence-corrected chi connectivity index (χ4v) is 2.07. The predicted molar refractivity (Wildman–Crippen MR) is 72.4 cm³/mol. The van der Waals surface area contributed by atoms with Crippen molar-refractivity contribution in [2.45, 2.75) is 0 Å². The number of amides is 1. The van der Waals surface area contributed by atoms with E-state index in [1.807, 2.05) is 0 Å². The largest absolute Gasteiger partial charge is 0.475 e. The van der Waals surface area contributed by atoms with Gasteiger partial charge in [0.25, 0.3) is 17.6 Å². The summed E-state index contributed by atoms with van der Waals surface area (Å²) in [6.07, 6.45) is 1.04. The number of tetrazole rings is 1. The molecule has 0 radical (unpaired) electrons. The van der Waals surface area contributed by atoms with Gasteiger partial charge in [0, 0.05) is 11.6 Å². The zero-order chi connectivity index (χ0) is 16.6. The van der Waals surface area contributed by atoms with Gasteiger partial charge in [-0.1, -0.05) is 5.10 Å². The molecule has 2 heterocycles. The Labute approximate surface area is 125 Å². The van der Waals surface area contributed by atoms with Gasteiger partial charge in [0.05, 0.1) is 16.6 Å². The molecule has 23 heavy (non-hydrogen) atoms. The van der Waals surface area contributed by atoms with E-state index in [4.69, 9.17) is 5.11 Å². The first-order chi connectivity index (χ1) is 11.0. The quantitative estimate of drug-likeness (QED) is 0.399. The van der Waals surface area contributed by atoms with Crippen molar-refractivity contribution in [2.75, 3.05) is 5.32 Å². The second kappa shape index (κ2) is 5.29. The molecule has 0 saturated carbocycles. The Morgan fingerprint density at radius 1 is 1.22 bits per heavy atom. The van der Waals surface area contributed by atoms with Crippen molar-refractivity contribution in [3.8, 4) is 0 Å². The van der Waals surface area contributed by atoms with Gasteiger partial charge in [-0.15, -0.1) is 5.10 Å². The molecule has 0 saturated heterocycles. The summed E-state index contributed by atoms with van der Waals surface area (Å²) in [4.78, 5) is 37.1. The van der Waals surface area contributed by atoms with Gasteiger partial charge in [-0.25, -0.2) is 9.18 Å². The van der Waals surface area contributed by atoms with Crippen LogP contribution in [0.4, 0.5) is 10.3 Å². The molecule has 0 aliphatic carbocycles. The Kier molecular flexibility index (Phi) is 3.29.